The zero-order valence-electron chi connectivity index (χ0n) is 14.6. The van der Waals surface area contributed by atoms with E-state index in [4.69, 9.17) is 4.74 Å². The van der Waals surface area contributed by atoms with Gasteiger partial charge in [0.2, 0.25) is 5.91 Å². The van der Waals surface area contributed by atoms with Gasteiger partial charge in [-0.2, -0.15) is 0 Å². The highest BCUT2D eigenvalue weighted by molar-refractivity contribution is 7.15. The molecule has 2 aromatic heterocycles. The van der Waals surface area contributed by atoms with Gasteiger partial charge in [-0.3, -0.25) is 9.20 Å². The largest absolute Gasteiger partial charge is 0.497 e. The fourth-order valence-electron chi connectivity index (χ4n) is 2.73. The Morgan fingerprint density at radius 2 is 2.00 bits per heavy atom. The third kappa shape index (κ3) is 3.75. The molecule has 0 unspecified atom stereocenters. The van der Waals surface area contributed by atoms with E-state index in [9.17, 15) is 4.79 Å². The lowest BCUT2D eigenvalue weighted by Gasteiger charge is -2.07. The van der Waals surface area contributed by atoms with Crippen LogP contribution in [0.2, 0.25) is 0 Å². The third-order valence-electron chi connectivity index (χ3n) is 4.10. The highest BCUT2D eigenvalue weighted by atomic mass is 32.1. The lowest BCUT2D eigenvalue weighted by atomic mass is 10.1. The van der Waals surface area contributed by atoms with Crippen LogP contribution in [0.5, 0.6) is 5.75 Å². The number of amides is 1. The summed E-state index contributed by atoms with van der Waals surface area (Å²) in [5.74, 6) is 0.588. The number of imidazole rings is 1. The van der Waals surface area contributed by atoms with Crippen LogP contribution in [0.3, 0.4) is 0 Å². The van der Waals surface area contributed by atoms with Crippen molar-refractivity contribution in [1.82, 2.24) is 9.38 Å². The van der Waals surface area contributed by atoms with E-state index >= 15 is 0 Å². The molecule has 0 radical (unpaired) electrons. The number of fused-ring (bicyclic) bond motifs is 1. The van der Waals surface area contributed by atoms with Crippen molar-refractivity contribution in [3.63, 3.8) is 0 Å². The van der Waals surface area contributed by atoms with Gasteiger partial charge in [0, 0.05) is 29.4 Å². The smallest absolute Gasteiger partial charge is 0.248 e. The number of nitrogens with one attached hydrogen (secondary N) is 1. The molecule has 6 heteroatoms. The molecule has 0 spiro atoms. The number of hydrogen-bond donors (Lipinski definition) is 1. The highest BCUT2D eigenvalue weighted by Crippen LogP contribution is 2.28. The van der Waals surface area contributed by atoms with Crippen LogP contribution in [0.25, 0.3) is 22.3 Å². The van der Waals surface area contributed by atoms with E-state index in [2.05, 4.69) is 10.3 Å². The summed E-state index contributed by atoms with van der Waals surface area (Å²) in [6, 6.07) is 15.2. The van der Waals surface area contributed by atoms with Gasteiger partial charge in [-0.1, -0.05) is 30.3 Å². The molecule has 4 rings (SSSR count). The van der Waals surface area contributed by atoms with Gasteiger partial charge in [0.05, 0.1) is 18.5 Å². The number of methoxy groups -OCH3 is 1. The Hall–Kier alpha value is -3.38. The number of rotatable bonds is 5. The van der Waals surface area contributed by atoms with E-state index in [0.29, 0.717) is 0 Å². The maximum Gasteiger partial charge on any atom is 0.248 e. The number of aromatic nitrogens is 2. The van der Waals surface area contributed by atoms with Crippen molar-refractivity contribution in [2.24, 2.45) is 0 Å². The number of ether oxygens (including phenoxy) is 1. The van der Waals surface area contributed by atoms with Crippen molar-refractivity contribution >= 4 is 34.0 Å². The molecule has 27 heavy (non-hydrogen) atoms. The quantitative estimate of drug-likeness (QED) is 0.513. The average Bonchev–Trinajstić information content (AvgIpc) is 3.29. The van der Waals surface area contributed by atoms with Crippen molar-refractivity contribution in [1.29, 1.82) is 0 Å². The Labute approximate surface area is 160 Å². The molecule has 1 N–H and O–H groups in total. The fourth-order valence-corrected chi connectivity index (χ4v) is 3.43. The number of anilines is 1. The molecule has 0 saturated heterocycles. The molecule has 2 heterocycles. The maximum atomic E-state index is 12.4. The molecule has 4 aromatic rings. The molecule has 134 valence electrons. The second-order valence-corrected chi connectivity index (χ2v) is 6.73. The number of carbonyl (C=O) groups is 1. The SMILES string of the molecule is COc1ccc(/C=C/C(=O)Nc2ccccc2-c2cn3ccsc3n2)cc1. The van der Waals surface area contributed by atoms with Crippen LogP contribution in [0.15, 0.2) is 72.4 Å². The minimum atomic E-state index is -0.195. The first-order valence-electron chi connectivity index (χ1n) is 8.37. The topological polar surface area (TPSA) is 55.6 Å². The van der Waals surface area contributed by atoms with E-state index in [-0.39, 0.29) is 5.91 Å². The minimum absolute atomic E-state index is 0.195. The summed E-state index contributed by atoms with van der Waals surface area (Å²) in [6.07, 6.45) is 7.22. The van der Waals surface area contributed by atoms with Gasteiger partial charge < -0.3 is 10.1 Å². The van der Waals surface area contributed by atoms with Gasteiger partial charge in [-0.25, -0.2) is 4.98 Å². The normalized spacial score (nSPS) is 11.1. The van der Waals surface area contributed by atoms with Crippen molar-refractivity contribution < 1.29 is 9.53 Å². The summed E-state index contributed by atoms with van der Waals surface area (Å²) in [7, 11) is 1.62. The number of nitrogens with zero attached hydrogens (tertiary/aromatic N) is 2. The minimum Gasteiger partial charge on any atom is -0.497 e. The van der Waals surface area contributed by atoms with Gasteiger partial charge in [-0.15, -0.1) is 11.3 Å². The van der Waals surface area contributed by atoms with Crippen molar-refractivity contribution in [2.75, 3.05) is 12.4 Å². The zero-order chi connectivity index (χ0) is 18.6. The summed E-state index contributed by atoms with van der Waals surface area (Å²) in [4.78, 5) is 17.9. The molecule has 0 fully saturated rings. The molecule has 5 nitrogen and oxygen atoms in total. The van der Waals surface area contributed by atoms with E-state index in [1.807, 2.05) is 70.7 Å². The fraction of sp³-hybridized carbons (Fsp3) is 0.0476. The summed E-state index contributed by atoms with van der Waals surface area (Å²) in [5.41, 5.74) is 3.37. The van der Waals surface area contributed by atoms with E-state index in [0.717, 1.165) is 33.2 Å². The Balaban J connectivity index is 1.52. The third-order valence-corrected chi connectivity index (χ3v) is 4.87. The Morgan fingerprint density at radius 3 is 2.78 bits per heavy atom. The maximum absolute atomic E-state index is 12.4. The van der Waals surface area contributed by atoms with Gasteiger partial charge in [0.1, 0.15) is 5.75 Å². The van der Waals surface area contributed by atoms with Gasteiger partial charge in [0.15, 0.2) is 4.96 Å². The molecular formula is C21H17N3O2S. The number of thiazole rings is 1. The predicted molar refractivity (Wildman–Crippen MR) is 109 cm³/mol. The van der Waals surface area contributed by atoms with E-state index in [1.54, 1.807) is 24.5 Å². The van der Waals surface area contributed by atoms with Crippen LogP contribution in [0.1, 0.15) is 5.56 Å². The van der Waals surface area contributed by atoms with Crippen LogP contribution in [-0.2, 0) is 4.79 Å². The first kappa shape index (κ1) is 17.1. The molecule has 0 aliphatic carbocycles. The van der Waals surface area contributed by atoms with Crippen LogP contribution in [0.4, 0.5) is 5.69 Å². The molecule has 0 atom stereocenters. The van der Waals surface area contributed by atoms with Crippen LogP contribution < -0.4 is 10.1 Å². The van der Waals surface area contributed by atoms with Gasteiger partial charge >= 0.3 is 0 Å². The first-order valence-corrected chi connectivity index (χ1v) is 9.25. The summed E-state index contributed by atoms with van der Waals surface area (Å²) < 4.78 is 7.11. The van der Waals surface area contributed by atoms with Gasteiger partial charge in [-0.05, 0) is 29.8 Å². The van der Waals surface area contributed by atoms with Crippen molar-refractivity contribution in [2.45, 2.75) is 0 Å². The molecule has 0 saturated carbocycles. The lowest BCUT2D eigenvalue weighted by Crippen LogP contribution is -2.08. The highest BCUT2D eigenvalue weighted by Gasteiger charge is 2.10. The summed E-state index contributed by atoms with van der Waals surface area (Å²) in [6.45, 7) is 0. The monoisotopic (exact) mass is 375 g/mol. The second-order valence-electron chi connectivity index (χ2n) is 5.86. The van der Waals surface area contributed by atoms with Gasteiger partial charge in [0.25, 0.3) is 0 Å². The Kier molecular flexibility index (Phi) is 4.72. The van der Waals surface area contributed by atoms with E-state index < -0.39 is 0 Å². The molecule has 0 aliphatic rings. The molecular weight excluding hydrogens is 358 g/mol. The molecule has 0 aliphatic heterocycles. The number of benzene rings is 2. The predicted octanol–water partition coefficient (Wildman–Crippen LogP) is 4.72. The molecule has 0 bridgehead atoms. The van der Waals surface area contributed by atoms with Crippen molar-refractivity contribution in [3.8, 4) is 17.0 Å². The Morgan fingerprint density at radius 1 is 1.19 bits per heavy atom. The number of carbonyl (C=O) groups excluding carboxylic acids is 1. The van der Waals surface area contributed by atoms with Crippen molar-refractivity contribution in [3.05, 3.63) is 77.9 Å². The van der Waals surface area contributed by atoms with E-state index in [1.165, 1.54) is 6.08 Å². The summed E-state index contributed by atoms with van der Waals surface area (Å²) >= 11 is 1.58. The number of hydrogen-bond acceptors (Lipinski definition) is 4. The van der Waals surface area contributed by atoms with Crippen LogP contribution in [0, 0.1) is 0 Å². The van der Waals surface area contributed by atoms with Crippen LogP contribution >= 0.6 is 11.3 Å². The molecule has 2 aromatic carbocycles. The van der Waals surface area contributed by atoms with Crippen LogP contribution in [-0.4, -0.2) is 22.4 Å². The molecule has 1 amide bonds. The second kappa shape index (κ2) is 7.47. The average molecular weight is 375 g/mol. The summed E-state index contributed by atoms with van der Waals surface area (Å²) in [5, 5.41) is 4.93. The standard InChI is InChI=1S/C21H17N3O2S/c1-26-16-9-6-15(7-10-16)8-11-20(25)22-18-5-3-2-4-17(18)19-14-24-12-13-27-21(24)23-19/h2-14H,1H3,(H,22,25)/b11-8+. The first-order chi connectivity index (χ1) is 13.2. The Bertz CT molecular complexity index is 1080. The number of para-hydroxylation sites is 1. The zero-order valence-corrected chi connectivity index (χ0v) is 15.4. The lowest BCUT2D eigenvalue weighted by molar-refractivity contribution is -0.111.